The summed E-state index contributed by atoms with van der Waals surface area (Å²) in [6.45, 7) is 0.0836. The summed E-state index contributed by atoms with van der Waals surface area (Å²) in [6, 6.07) is 6.63. The molecule has 1 aromatic rings. The van der Waals surface area contributed by atoms with Crippen LogP contribution >= 0.6 is 24.0 Å². The van der Waals surface area contributed by atoms with Crippen LogP contribution in [-0.4, -0.2) is 24.5 Å². The lowest BCUT2D eigenvalue weighted by atomic mass is 10.1. The van der Waals surface area contributed by atoms with Gasteiger partial charge in [-0.1, -0.05) is 6.07 Å². The molecule has 1 saturated carbocycles. The van der Waals surface area contributed by atoms with Crippen LogP contribution in [0, 0.1) is 0 Å². The fourth-order valence-corrected chi connectivity index (χ4v) is 2.49. The van der Waals surface area contributed by atoms with E-state index in [1.54, 1.807) is 0 Å². The van der Waals surface area contributed by atoms with E-state index in [0.29, 0.717) is 6.04 Å². The van der Waals surface area contributed by atoms with Crippen molar-refractivity contribution in [2.24, 2.45) is 10.7 Å². The summed E-state index contributed by atoms with van der Waals surface area (Å²) in [5.74, 6) is 0.222. The smallest absolute Gasteiger partial charge is 0.242 e. The molecule has 1 aromatic carbocycles. The molecule has 0 radical (unpaired) electrons. The first-order chi connectivity index (χ1) is 9.70. The van der Waals surface area contributed by atoms with Crippen molar-refractivity contribution in [1.29, 1.82) is 0 Å². The molecule has 21 heavy (non-hydrogen) atoms. The molecule has 0 atom stereocenters. The van der Waals surface area contributed by atoms with Crippen molar-refractivity contribution >= 4 is 41.5 Å². The van der Waals surface area contributed by atoms with E-state index in [-0.39, 0.29) is 42.4 Å². The fourth-order valence-electron chi connectivity index (χ4n) is 2.49. The van der Waals surface area contributed by atoms with Crippen LogP contribution in [0.2, 0.25) is 0 Å². The number of hydrogen-bond acceptors (Lipinski definition) is 2. The van der Waals surface area contributed by atoms with Crippen LogP contribution in [0.4, 0.5) is 5.69 Å². The molecule has 3 rings (SSSR count). The summed E-state index contributed by atoms with van der Waals surface area (Å²) in [7, 11) is 0. The quantitative estimate of drug-likeness (QED) is 0.410. The van der Waals surface area contributed by atoms with Crippen molar-refractivity contribution in [3.05, 3.63) is 29.3 Å². The van der Waals surface area contributed by atoms with Gasteiger partial charge >= 0.3 is 0 Å². The Hall–Kier alpha value is -1.31. The summed E-state index contributed by atoms with van der Waals surface area (Å²) in [5, 5.41) is 5.92. The number of nitrogens with zero attached hydrogens (tertiary/aromatic N) is 1. The second-order valence-corrected chi connectivity index (χ2v) is 5.51. The largest absolute Gasteiger partial charge is 0.370 e. The number of aryl methyl sites for hydroxylation is 2. The van der Waals surface area contributed by atoms with E-state index in [4.69, 9.17) is 5.73 Å². The molecule has 0 heterocycles. The van der Waals surface area contributed by atoms with E-state index in [1.165, 1.54) is 24.0 Å². The third-order valence-electron chi connectivity index (χ3n) is 3.71. The maximum atomic E-state index is 11.5. The molecule has 6 heteroatoms. The van der Waals surface area contributed by atoms with Crippen LogP contribution in [0.15, 0.2) is 23.2 Å². The predicted molar refractivity (Wildman–Crippen MR) is 95.2 cm³/mol. The lowest BCUT2D eigenvalue weighted by molar-refractivity contribution is -0.119. The molecule has 1 amide bonds. The Morgan fingerprint density at radius 1 is 1.29 bits per heavy atom. The molecule has 0 bridgehead atoms. The van der Waals surface area contributed by atoms with Gasteiger partial charge in [-0.15, -0.1) is 24.0 Å². The molecule has 0 aliphatic heterocycles. The lowest BCUT2D eigenvalue weighted by Crippen LogP contribution is -2.30. The monoisotopic (exact) mass is 400 g/mol. The number of carbonyl (C=O) groups is 1. The van der Waals surface area contributed by atoms with Gasteiger partial charge in [0, 0.05) is 11.7 Å². The van der Waals surface area contributed by atoms with Crippen molar-refractivity contribution in [3.63, 3.8) is 0 Å². The van der Waals surface area contributed by atoms with Crippen LogP contribution < -0.4 is 16.4 Å². The summed E-state index contributed by atoms with van der Waals surface area (Å²) in [4.78, 5) is 15.6. The van der Waals surface area contributed by atoms with E-state index in [0.717, 1.165) is 24.9 Å². The zero-order chi connectivity index (χ0) is 13.9. The van der Waals surface area contributed by atoms with Crippen LogP contribution in [0.5, 0.6) is 0 Å². The van der Waals surface area contributed by atoms with Gasteiger partial charge < -0.3 is 16.4 Å². The van der Waals surface area contributed by atoms with Gasteiger partial charge in [0.1, 0.15) is 6.54 Å². The number of fused-ring (bicyclic) bond motifs is 1. The number of amides is 1. The topological polar surface area (TPSA) is 79.5 Å². The Morgan fingerprint density at radius 2 is 2.05 bits per heavy atom. The maximum Gasteiger partial charge on any atom is 0.242 e. The SMILES string of the molecule is I.NC(=NCC(=O)NC1CC1)Nc1ccc2c(c1)CCC2. The van der Waals surface area contributed by atoms with Gasteiger partial charge in [-0.25, -0.2) is 4.99 Å². The summed E-state index contributed by atoms with van der Waals surface area (Å²) in [6.07, 6.45) is 5.69. The first kappa shape index (κ1) is 16.1. The predicted octanol–water partition coefficient (Wildman–Crippen LogP) is 1.80. The van der Waals surface area contributed by atoms with Gasteiger partial charge in [0.05, 0.1) is 0 Å². The third kappa shape index (κ3) is 4.59. The van der Waals surface area contributed by atoms with Gasteiger partial charge in [0.25, 0.3) is 0 Å². The Kier molecular flexibility index (Phi) is 5.44. The summed E-state index contributed by atoms with van der Waals surface area (Å²) in [5.41, 5.74) is 9.55. The molecule has 1 fully saturated rings. The second-order valence-electron chi connectivity index (χ2n) is 5.51. The Balaban J connectivity index is 0.00000161. The Labute approximate surface area is 141 Å². The van der Waals surface area contributed by atoms with Crippen molar-refractivity contribution in [3.8, 4) is 0 Å². The van der Waals surface area contributed by atoms with E-state index in [1.807, 2.05) is 6.07 Å². The van der Waals surface area contributed by atoms with Crippen molar-refractivity contribution in [2.45, 2.75) is 38.1 Å². The number of hydrogen-bond donors (Lipinski definition) is 3. The molecule has 4 N–H and O–H groups in total. The van der Waals surface area contributed by atoms with E-state index < -0.39 is 0 Å². The van der Waals surface area contributed by atoms with Crippen LogP contribution in [-0.2, 0) is 17.6 Å². The second kappa shape index (κ2) is 7.11. The highest BCUT2D eigenvalue weighted by Crippen LogP contribution is 2.24. The van der Waals surface area contributed by atoms with Gasteiger partial charge in [-0.2, -0.15) is 0 Å². The molecule has 0 aromatic heterocycles. The van der Waals surface area contributed by atoms with Crippen molar-refractivity contribution in [2.75, 3.05) is 11.9 Å². The molecule has 2 aliphatic carbocycles. The average Bonchev–Trinajstić information content (AvgIpc) is 3.11. The van der Waals surface area contributed by atoms with Gasteiger partial charge in [-0.05, 0) is 55.4 Å². The number of guanidine groups is 1. The molecule has 0 saturated heterocycles. The van der Waals surface area contributed by atoms with E-state index in [9.17, 15) is 4.79 Å². The fraction of sp³-hybridized carbons (Fsp3) is 0.467. The normalized spacial score (nSPS) is 16.9. The number of anilines is 1. The maximum absolute atomic E-state index is 11.5. The molecular weight excluding hydrogens is 379 g/mol. The Bertz CT molecular complexity index is 555. The van der Waals surface area contributed by atoms with Crippen LogP contribution in [0.3, 0.4) is 0 Å². The molecule has 5 nitrogen and oxygen atoms in total. The lowest BCUT2D eigenvalue weighted by Gasteiger charge is -2.08. The zero-order valence-corrected chi connectivity index (χ0v) is 14.2. The van der Waals surface area contributed by atoms with E-state index in [2.05, 4.69) is 27.8 Å². The highest BCUT2D eigenvalue weighted by molar-refractivity contribution is 14.0. The van der Waals surface area contributed by atoms with Crippen molar-refractivity contribution < 1.29 is 4.79 Å². The van der Waals surface area contributed by atoms with Gasteiger partial charge in [0.15, 0.2) is 5.96 Å². The number of halogens is 1. The summed E-state index contributed by atoms with van der Waals surface area (Å²) >= 11 is 0. The number of carbonyl (C=O) groups excluding carboxylic acids is 1. The number of nitrogens with one attached hydrogen (secondary N) is 2. The minimum Gasteiger partial charge on any atom is -0.370 e. The number of aliphatic imine (C=N–C) groups is 1. The molecule has 2 aliphatic rings. The highest BCUT2D eigenvalue weighted by atomic mass is 127. The molecule has 0 unspecified atom stereocenters. The average molecular weight is 400 g/mol. The van der Waals surface area contributed by atoms with Gasteiger partial charge in [-0.3, -0.25) is 4.79 Å². The van der Waals surface area contributed by atoms with Gasteiger partial charge in [0.2, 0.25) is 5.91 Å². The molecule has 0 spiro atoms. The number of benzene rings is 1. The highest BCUT2D eigenvalue weighted by Gasteiger charge is 2.22. The minimum absolute atomic E-state index is 0. The first-order valence-corrected chi connectivity index (χ1v) is 7.19. The summed E-state index contributed by atoms with van der Waals surface area (Å²) < 4.78 is 0. The minimum atomic E-state index is -0.0637. The molecule has 114 valence electrons. The zero-order valence-electron chi connectivity index (χ0n) is 11.9. The number of rotatable bonds is 4. The first-order valence-electron chi connectivity index (χ1n) is 7.19. The Morgan fingerprint density at radius 3 is 2.81 bits per heavy atom. The van der Waals surface area contributed by atoms with Crippen LogP contribution in [0.1, 0.15) is 30.4 Å². The van der Waals surface area contributed by atoms with Crippen molar-refractivity contribution in [1.82, 2.24) is 5.32 Å². The standard InChI is InChI=1S/C15H20N4O.HI/c16-15(17-9-14(20)18-12-6-7-12)19-13-5-4-10-2-1-3-11(10)8-13;/h4-5,8,12H,1-3,6-7,9H2,(H,18,20)(H3,16,17,19);1H. The number of nitrogens with two attached hydrogens (primary N) is 1. The van der Waals surface area contributed by atoms with E-state index >= 15 is 0 Å². The third-order valence-corrected chi connectivity index (χ3v) is 3.71. The van der Waals surface area contributed by atoms with Crippen LogP contribution in [0.25, 0.3) is 0 Å². The molecular formula is C15H21IN4O.